The molecular weight excluding hydrogens is 360 g/mol. The van der Waals surface area contributed by atoms with E-state index in [4.69, 9.17) is 4.74 Å². The fourth-order valence-electron chi connectivity index (χ4n) is 5.64. The Balaban J connectivity index is 1.43. The summed E-state index contributed by atoms with van der Waals surface area (Å²) in [5, 5.41) is 0. The van der Waals surface area contributed by atoms with E-state index in [0.717, 1.165) is 31.2 Å². The highest BCUT2D eigenvalue weighted by Crippen LogP contribution is 2.39. The van der Waals surface area contributed by atoms with Crippen LogP contribution in [0.25, 0.3) is 0 Å². The van der Waals surface area contributed by atoms with Crippen molar-refractivity contribution in [2.75, 3.05) is 33.3 Å². The molecule has 0 aliphatic carbocycles. The van der Waals surface area contributed by atoms with E-state index >= 15 is 0 Å². The Morgan fingerprint density at radius 2 is 1.79 bits per heavy atom. The third kappa shape index (κ3) is 3.55. The third-order valence-corrected chi connectivity index (χ3v) is 7.26. The number of carbonyl (C=O) groups excluding carboxylic acids is 1. The van der Waals surface area contributed by atoms with Gasteiger partial charge in [-0.3, -0.25) is 4.79 Å². The molecule has 2 bridgehead atoms. The molecule has 2 aromatic carbocycles. The monoisotopic (exact) mass is 390 g/mol. The van der Waals surface area contributed by atoms with E-state index in [-0.39, 0.29) is 6.04 Å². The molecule has 3 saturated heterocycles. The molecule has 4 aliphatic heterocycles. The lowest BCUT2D eigenvalue weighted by atomic mass is 9.77. The molecule has 1 amide bonds. The number of benzene rings is 2. The summed E-state index contributed by atoms with van der Waals surface area (Å²) in [5.41, 5.74) is 3.80. The maximum absolute atomic E-state index is 13.5. The summed E-state index contributed by atoms with van der Waals surface area (Å²) in [6, 6.07) is 16.8. The fraction of sp³-hybridized carbons (Fsp3) is 0.480. The number of ether oxygens (including phenoxy) is 1. The van der Waals surface area contributed by atoms with Crippen LogP contribution in [-0.4, -0.2) is 49.0 Å². The van der Waals surface area contributed by atoms with Gasteiger partial charge in [0.25, 0.3) is 0 Å². The average molecular weight is 391 g/mol. The quantitative estimate of drug-likeness (QED) is 0.794. The molecule has 6 rings (SSSR count). The largest absolute Gasteiger partial charge is 0.497 e. The van der Waals surface area contributed by atoms with Gasteiger partial charge in [0.15, 0.2) is 0 Å². The molecule has 0 saturated carbocycles. The minimum Gasteiger partial charge on any atom is -0.497 e. The minimum atomic E-state index is -0.000518. The Hall–Kier alpha value is -2.33. The number of hydrogen-bond acceptors (Lipinski definition) is 3. The van der Waals surface area contributed by atoms with E-state index in [2.05, 4.69) is 46.2 Å². The molecule has 2 atom stereocenters. The smallest absolute Gasteiger partial charge is 0.223 e. The fourth-order valence-corrected chi connectivity index (χ4v) is 5.64. The number of nitrogens with zero attached hydrogens (tertiary/aromatic N) is 2. The van der Waals surface area contributed by atoms with Crippen LogP contribution in [0.3, 0.4) is 0 Å². The zero-order chi connectivity index (χ0) is 19.8. The number of carbonyl (C=O) groups is 1. The first-order chi connectivity index (χ1) is 14.2. The van der Waals surface area contributed by atoms with E-state index in [1.54, 1.807) is 7.11 Å². The molecule has 4 heterocycles. The van der Waals surface area contributed by atoms with Crippen LogP contribution in [0.5, 0.6) is 5.75 Å². The van der Waals surface area contributed by atoms with Crippen LogP contribution in [0.15, 0.2) is 48.5 Å². The van der Waals surface area contributed by atoms with E-state index < -0.39 is 0 Å². The van der Waals surface area contributed by atoms with Gasteiger partial charge in [-0.1, -0.05) is 36.4 Å². The SMILES string of the molecule is COc1ccc([C@@H]2c3ccccc3CCN2C(=O)C[C@@H]2CN3CCC2CC3)cc1. The molecule has 2 aromatic rings. The molecule has 0 N–H and O–H groups in total. The molecule has 4 aliphatic rings. The van der Waals surface area contributed by atoms with E-state index in [9.17, 15) is 4.79 Å². The van der Waals surface area contributed by atoms with Gasteiger partial charge < -0.3 is 14.5 Å². The molecule has 0 aromatic heterocycles. The van der Waals surface area contributed by atoms with Gasteiger partial charge in [-0.2, -0.15) is 0 Å². The highest BCUT2D eigenvalue weighted by atomic mass is 16.5. The lowest BCUT2D eigenvalue weighted by Crippen LogP contribution is -2.49. The molecule has 29 heavy (non-hydrogen) atoms. The molecule has 0 radical (unpaired) electrons. The van der Waals surface area contributed by atoms with Gasteiger partial charge in [-0.15, -0.1) is 0 Å². The molecular formula is C25H30N2O2. The predicted molar refractivity (Wildman–Crippen MR) is 114 cm³/mol. The number of piperidine rings is 3. The van der Waals surface area contributed by atoms with Crippen molar-refractivity contribution >= 4 is 5.91 Å². The number of methoxy groups -OCH3 is 1. The van der Waals surface area contributed by atoms with Gasteiger partial charge in [0, 0.05) is 19.5 Å². The Morgan fingerprint density at radius 1 is 1.03 bits per heavy atom. The second kappa shape index (κ2) is 7.83. The number of fused-ring (bicyclic) bond motifs is 4. The van der Waals surface area contributed by atoms with Crippen molar-refractivity contribution in [1.29, 1.82) is 0 Å². The zero-order valence-corrected chi connectivity index (χ0v) is 17.2. The number of hydrogen-bond donors (Lipinski definition) is 0. The van der Waals surface area contributed by atoms with Gasteiger partial charge in [0.05, 0.1) is 13.2 Å². The lowest BCUT2D eigenvalue weighted by molar-refractivity contribution is -0.136. The van der Waals surface area contributed by atoms with Crippen molar-refractivity contribution in [1.82, 2.24) is 9.80 Å². The highest BCUT2D eigenvalue weighted by molar-refractivity contribution is 5.78. The molecule has 0 spiro atoms. The molecule has 3 fully saturated rings. The van der Waals surface area contributed by atoms with Crippen molar-refractivity contribution in [2.45, 2.75) is 31.7 Å². The Labute approximate surface area is 173 Å². The summed E-state index contributed by atoms with van der Waals surface area (Å²) in [5.74, 6) is 2.43. The summed E-state index contributed by atoms with van der Waals surface area (Å²) in [7, 11) is 1.69. The van der Waals surface area contributed by atoms with E-state index in [1.807, 2.05) is 12.1 Å². The van der Waals surface area contributed by atoms with Crippen molar-refractivity contribution in [3.8, 4) is 5.75 Å². The maximum atomic E-state index is 13.5. The highest BCUT2D eigenvalue weighted by Gasteiger charge is 2.38. The van der Waals surface area contributed by atoms with Crippen LogP contribution in [-0.2, 0) is 11.2 Å². The van der Waals surface area contributed by atoms with Crippen LogP contribution in [0.1, 0.15) is 42.0 Å². The van der Waals surface area contributed by atoms with Crippen LogP contribution in [0, 0.1) is 11.8 Å². The minimum absolute atomic E-state index is 0.000518. The van der Waals surface area contributed by atoms with Crippen LogP contribution < -0.4 is 4.74 Å². The first-order valence-corrected chi connectivity index (χ1v) is 11.0. The van der Waals surface area contributed by atoms with Crippen molar-refractivity contribution in [3.63, 3.8) is 0 Å². The Morgan fingerprint density at radius 3 is 2.48 bits per heavy atom. The molecule has 4 nitrogen and oxygen atoms in total. The standard InChI is InChI=1S/C25H30N2O2/c1-29-22-8-6-20(7-9-22)25-23-5-3-2-4-19(23)12-15-27(25)24(28)16-21-17-26-13-10-18(21)11-14-26/h2-9,18,21,25H,10-17H2,1H3/t21-,25-/m1/s1. The first-order valence-electron chi connectivity index (χ1n) is 11.0. The number of amides is 1. The lowest BCUT2D eigenvalue weighted by Gasteiger charge is -2.46. The third-order valence-electron chi connectivity index (χ3n) is 7.26. The topological polar surface area (TPSA) is 32.8 Å². The summed E-state index contributed by atoms with van der Waals surface area (Å²) < 4.78 is 5.34. The average Bonchev–Trinajstić information content (AvgIpc) is 2.79. The van der Waals surface area contributed by atoms with Gasteiger partial charge in [-0.05, 0) is 73.0 Å². The van der Waals surface area contributed by atoms with Gasteiger partial charge in [0.1, 0.15) is 5.75 Å². The maximum Gasteiger partial charge on any atom is 0.223 e. The summed E-state index contributed by atoms with van der Waals surface area (Å²) in [6.45, 7) is 4.35. The molecule has 152 valence electrons. The summed E-state index contributed by atoms with van der Waals surface area (Å²) in [4.78, 5) is 18.2. The number of rotatable bonds is 4. The van der Waals surface area contributed by atoms with Crippen molar-refractivity contribution in [3.05, 3.63) is 65.2 Å². The molecule has 4 heteroatoms. The normalized spacial score (nSPS) is 28.1. The Kier molecular flexibility index (Phi) is 5.04. The predicted octanol–water partition coefficient (Wildman–Crippen LogP) is 3.90. The van der Waals surface area contributed by atoms with Crippen LogP contribution >= 0.6 is 0 Å². The molecule has 0 unspecified atom stereocenters. The zero-order valence-electron chi connectivity index (χ0n) is 17.2. The van der Waals surface area contributed by atoms with Crippen LogP contribution in [0.2, 0.25) is 0 Å². The summed E-state index contributed by atoms with van der Waals surface area (Å²) >= 11 is 0. The Bertz CT molecular complexity index is 871. The second-order valence-electron chi connectivity index (χ2n) is 8.81. The van der Waals surface area contributed by atoms with E-state index in [0.29, 0.717) is 18.2 Å². The second-order valence-corrected chi connectivity index (χ2v) is 8.81. The van der Waals surface area contributed by atoms with Gasteiger partial charge >= 0.3 is 0 Å². The summed E-state index contributed by atoms with van der Waals surface area (Å²) in [6.07, 6.45) is 4.16. The first kappa shape index (κ1) is 18.7. The van der Waals surface area contributed by atoms with Crippen LogP contribution in [0.4, 0.5) is 0 Å². The van der Waals surface area contributed by atoms with E-state index in [1.165, 1.54) is 42.6 Å². The van der Waals surface area contributed by atoms with Gasteiger partial charge in [0.2, 0.25) is 5.91 Å². The van der Waals surface area contributed by atoms with Gasteiger partial charge in [-0.25, -0.2) is 0 Å². The van der Waals surface area contributed by atoms with Crippen molar-refractivity contribution < 1.29 is 9.53 Å². The van der Waals surface area contributed by atoms with Crippen molar-refractivity contribution in [2.24, 2.45) is 11.8 Å².